The molecule has 0 N–H and O–H groups in total. The van der Waals surface area contributed by atoms with E-state index in [-0.39, 0.29) is 18.4 Å². The normalized spacial score (nSPS) is 21.1. The van der Waals surface area contributed by atoms with Crippen LogP contribution in [-0.2, 0) is 9.59 Å². The Morgan fingerprint density at radius 3 is 2.12 bits per heavy atom. The molecule has 1 aromatic rings. The van der Waals surface area contributed by atoms with Crippen LogP contribution >= 0.6 is 0 Å². The lowest BCUT2D eigenvalue weighted by atomic mass is 9.78. The van der Waals surface area contributed by atoms with E-state index in [1.54, 1.807) is 30.3 Å². The fraction of sp³-hybridized carbons (Fsp3) is 0.412. The second-order valence-electron chi connectivity index (χ2n) is 5.90. The van der Waals surface area contributed by atoms with Gasteiger partial charge < -0.3 is 0 Å². The molecule has 1 aromatic carbocycles. The molecule has 1 fully saturated rings. The van der Waals surface area contributed by atoms with Gasteiger partial charge in [-0.3, -0.25) is 9.59 Å². The minimum Gasteiger partial charge on any atom is -0.294 e. The molecule has 0 heterocycles. The molecule has 0 radical (unpaired) electrons. The molecule has 9 heteroatoms. The van der Waals surface area contributed by atoms with Gasteiger partial charge in [0.1, 0.15) is 0 Å². The van der Waals surface area contributed by atoms with Gasteiger partial charge in [-0.05, 0) is 36.5 Å². The van der Waals surface area contributed by atoms with E-state index in [9.17, 15) is 40.3 Å². The van der Waals surface area contributed by atoms with Gasteiger partial charge in [0.15, 0.2) is 5.78 Å². The number of hydrogen-bond donors (Lipinski definition) is 0. The van der Waals surface area contributed by atoms with Crippen LogP contribution in [0.2, 0.25) is 0 Å². The Balaban J connectivity index is 2.32. The largest absolute Gasteiger partial charge is 0.460 e. The van der Waals surface area contributed by atoms with Crippen molar-refractivity contribution >= 4 is 17.6 Å². The van der Waals surface area contributed by atoms with Gasteiger partial charge in [0.2, 0.25) is 5.78 Å². The fourth-order valence-corrected chi connectivity index (χ4v) is 2.67. The zero-order valence-corrected chi connectivity index (χ0v) is 13.1. The van der Waals surface area contributed by atoms with Crippen LogP contribution in [0.3, 0.4) is 0 Å². The molecule has 0 spiro atoms. The fourth-order valence-electron chi connectivity index (χ4n) is 2.67. The minimum atomic E-state index is -6.62. The molecule has 0 amide bonds. The Hall–Kier alpha value is -2.19. The van der Waals surface area contributed by atoms with Crippen LogP contribution in [0.15, 0.2) is 35.9 Å². The van der Waals surface area contributed by atoms with Gasteiger partial charge in [-0.15, -0.1) is 0 Å². The van der Waals surface area contributed by atoms with Crippen molar-refractivity contribution in [3.8, 4) is 0 Å². The zero-order chi connectivity index (χ0) is 19.8. The second-order valence-corrected chi connectivity index (χ2v) is 5.90. The maximum Gasteiger partial charge on any atom is 0.460 e. The van der Waals surface area contributed by atoms with Gasteiger partial charge in [0, 0.05) is 0 Å². The summed E-state index contributed by atoms with van der Waals surface area (Å²) in [5.74, 6) is -18.7. The van der Waals surface area contributed by atoms with Crippen molar-refractivity contribution < 1.29 is 40.3 Å². The third-order valence-electron chi connectivity index (χ3n) is 4.09. The number of allylic oxidation sites excluding steroid dienone is 1. The highest BCUT2D eigenvalue weighted by Crippen LogP contribution is 2.48. The highest BCUT2D eigenvalue weighted by atomic mass is 19.4. The lowest BCUT2D eigenvalue weighted by Crippen LogP contribution is -2.58. The molecule has 1 unspecified atom stereocenters. The predicted molar refractivity (Wildman–Crippen MR) is 77.7 cm³/mol. The number of rotatable bonds is 4. The summed E-state index contributed by atoms with van der Waals surface area (Å²) in [5, 5.41) is 0. The number of hydrogen-bond acceptors (Lipinski definition) is 2. The van der Waals surface area contributed by atoms with E-state index in [0.29, 0.717) is 5.56 Å². The summed E-state index contributed by atoms with van der Waals surface area (Å²) in [6.07, 6.45) is -5.67. The third-order valence-corrected chi connectivity index (χ3v) is 4.09. The van der Waals surface area contributed by atoms with Gasteiger partial charge in [-0.1, -0.05) is 30.3 Å². The van der Waals surface area contributed by atoms with Crippen LogP contribution in [0, 0.1) is 5.92 Å². The topological polar surface area (TPSA) is 34.1 Å². The standard InChI is InChI=1S/C17H13F7O2/c18-15(19,16(20,21)17(22,23)24)14(26)12-8-4-7-11(13(12)25)9-10-5-2-1-3-6-10/h1-3,5-6,9,12H,4,7-8H2/b11-9+. The quantitative estimate of drug-likeness (QED) is 0.424. The first-order valence-corrected chi connectivity index (χ1v) is 7.56. The summed E-state index contributed by atoms with van der Waals surface area (Å²) in [5.41, 5.74) is 0.447. The van der Waals surface area contributed by atoms with E-state index in [1.807, 2.05) is 0 Å². The maximum absolute atomic E-state index is 13.6. The van der Waals surface area contributed by atoms with Crippen LogP contribution in [0.4, 0.5) is 30.7 Å². The highest BCUT2D eigenvalue weighted by molar-refractivity contribution is 6.14. The monoisotopic (exact) mass is 382 g/mol. The first kappa shape index (κ1) is 20.1. The number of carbonyl (C=O) groups is 2. The smallest absolute Gasteiger partial charge is 0.294 e. The Morgan fingerprint density at radius 2 is 1.58 bits per heavy atom. The Kier molecular flexibility index (Phi) is 5.30. The molecule has 0 bridgehead atoms. The molecule has 0 aromatic heterocycles. The average Bonchev–Trinajstić information content (AvgIpc) is 2.56. The number of ketones is 2. The maximum atomic E-state index is 13.6. The van der Waals surface area contributed by atoms with Crippen molar-refractivity contribution in [2.24, 2.45) is 5.92 Å². The molecule has 2 nitrogen and oxygen atoms in total. The number of alkyl halides is 7. The summed E-state index contributed by atoms with van der Waals surface area (Å²) in [7, 11) is 0. The van der Waals surface area contributed by atoms with E-state index in [4.69, 9.17) is 0 Å². The van der Waals surface area contributed by atoms with Gasteiger partial charge >= 0.3 is 18.0 Å². The van der Waals surface area contributed by atoms with Gasteiger partial charge in [0.05, 0.1) is 5.92 Å². The summed E-state index contributed by atoms with van der Waals surface area (Å²) in [4.78, 5) is 24.0. The predicted octanol–water partition coefficient (Wildman–Crippen LogP) is 4.84. The van der Waals surface area contributed by atoms with Crippen LogP contribution < -0.4 is 0 Å². The Morgan fingerprint density at radius 1 is 1.00 bits per heavy atom. The summed E-state index contributed by atoms with van der Waals surface area (Å²) in [6, 6.07) is 8.09. The lowest BCUT2D eigenvalue weighted by Gasteiger charge is -2.31. The van der Waals surface area contributed by atoms with Crippen molar-refractivity contribution in [3.05, 3.63) is 41.5 Å². The molecule has 1 saturated carbocycles. The van der Waals surface area contributed by atoms with E-state index >= 15 is 0 Å². The minimum absolute atomic E-state index is 0.0362. The summed E-state index contributed by atoms with van der Waals surface area (Å²) >= 11 is 0. The molecule has 0 saturated heterocycles. The zero-order valence-electron chi connectivity index (χ0n) is 13.1. The number of benzene rings is 1. The Bertz CT molecular complexity index is 720. The van der Waals surface area contributed by atoms with E-state index in [1.165, 1.54) is 6.08 Å². The second kappa shape index (κ2) is 6.85. The van der Waals surface area contributed by atoms with Crippen LogP contribution in [0.5, 0.6) is 0 Å². The number of Topliss-reactive ketones (excluding diaryl/α,β-unsaturated/α-hetero) is 2. The van der Waals surface area contributed by atoms with E-state index in [2.05, 4.69) is 0 Å². The van der Waals surface area contributed by atoms with Gasteiger partial charge in [-0.25, -0.2) is 0 Å². The SMILES string of the molecule is O=C1/C(=C/c2ccccc2)CCCC1C(=O)C(F)(F)C(F)(F)C(F)(F)F. The number of halogens is 7. The van der Waals surface area contributed by atoms with Crippen molar-refractivity contribution in [1.82, 2.24) is 0 Å². The highest BCUT2D eigenvalue weighted by Gasteiger charge is 2.76. The summed E-state index contributed by atoms with van der Waals surface area (Å²) in [6.45, 7) is 0. The summed E-state index contributed by atoms with van der Waals surface area (Å²) < 4.78 is 90.1. The third kappa shape index (κ3) is 3.52. The van der Waals surface area contributed by atoms with Crippen LogP contribution in [-0.4, -0.2) is 29.6 Å². The van der Waals surface area contributed by atoms with Crippen molar-refractivity contribution in [1.29, 1.82) is 0 Å². The molecule has 1 aliphatic rings. The van der Waals surface area contributed by atoms with Gasteiger partial charge in [-0.2, -0.15) is 30.7 Å². The molecule has 142 valence electrons. The molecular weight excluding hydrogens is 369 g/mol. The molecule has 0 aliphatic heterocycles. The van der Waals surface area contributed by atoms with Crippen LogP contribution in [0.25, 0.3) is 6.08 Å². The average molecular weight is 382 g/mol. The first-order chi connectivity index (χ1) is 11.9. The molecule has 26 heavy (non-hydrogen) atoms. The van der Waals surface area contributed by atoms with Gasteiger partial charge in [0.25, 0.3) is 0 Å². The number of carbonyl (C=O) groups excluding carboxylic acids is 2. The first-order valence-electron chi connectivity index (χ1n) is 7.56. The van der Waals surface area contributed by atoms with Crippen molar-refractivity contribution in [2.75, 3.05) is 0 Å². The van der Waals surface area contributed by atoms with E-state index in [0.717, 1.165) is 0 Å². The van der Waals surface area contributed by atoms with E-state index < -0.39 is 41.9 Å². The molecule has 1 atom stereocenters. The van der Waals surface area contributed by atoms with Crippen molar-refractivity contribution in [3.63, 3.8) is 0 Å². The van der Waals surface area contributed by atoms with Crippen LogP contribution in [0.1, 0.15) is 24.8 Å². The molecule has 2 rings (SSSR count). The van der Waals surface area contributed by atoms with Crippen molar-refractivity contribution in [2.45, 2.75) is 37.3 Å². The Labute approximate surface area is 143 Å². The molecular formula is C17H13F7O2. The molecule has 1 aliphatic carbocycles. The lowest BCUT2D eigenvalue weighted by molar-refractivity contribution is -0.344.